The molecule has 0 aliphatic rings. The molecule has 0 bridgehead atoms. The highest BCUT2D eigenvalue weighted by Gasteiger charge is 1.98. The molecular formula is C8H8OS. The summed E-state index contributed by atoms with van der Waals surface area (Å²) in [6.45, 7) is 2.61. The Kier molecular flexibility index (Phi) is 2.35. The Morgan fingerprint density at radius 2 is 2.50 bits per heavy atom. The van der Waals surface area contributed by atoms with Gasteiger partial charge in [-0.25, -0.2) is 0 Å². The fourth-order valence-corrected chi connectivity index (χ4v) is 1.36. The van der Waals surface area contributed by atoms with Crippen LogP contribution in [0.15, 0.2) is 10.8 Å². The lowest BCUT2D eigenvalue weighted by atomic mass is 10.3. The maximum atomic E-state index is 5.24. The van der Waals surface area contributed by atoms with Gasteiger partial charge >= 0.3 is 0 Å². The maximum absolute atomic E-state index is 5.24. The van der Waals surface area contributed by atoms with Gasteiger partial charge in [-0.2, -0.15) is 0 Å². The van der Waals surface area contributed by atoms with E-state index in [1.807, 2.05) is 17.7 Å². The van der Waals surface area contributed by atoms with Crippen molar-refractivity contribution in [3.05, 3.63) is 16.3 Å². The zero-order chi connectivity index (χ0) is 7.40. The number of rotatable bonds is 2. The third-order valence-corrected chi connectivity index (χ3v) is 1.80. The van der Waals surface area contributed by atoms with Gasteiger partial charge in [-0.3, -0.25) is 0 Å². The Labute approximate surface area is 64.6 Å². The van der Waals surface area contributed by atoms with Gasteiger partial charge in [0.2, 0.25) is 0 Å². The molecule has 0 aliphatic carbocycles. The van der Waals surface area contributed by atoms with Gasteiger partial charge in [0.25, 0.3) is 0 Å². The van der Waals surface area contributed by atoms with Crippen LogP contribution in [-0.2, 0) is 0 Å². The molecule has 0 atom stereocenters. The summed E-state index contributed by atoms with van der Waals surface area (Å²) >= 11 is 1.56. The van der Waals surface area contributed by atoms with Gasteiger partial charge < -0.3 is 4.74 Å². The molecule has 0 radical (unpaired) electrons. The summed E-state index contributed by atoms with van der Waals surface area (Å²) in [7, 11) is 0. The van der Waals surface area contributed by atoms with Crippen LogP contribution in [0.3, 0.4) is 0 Å². The van der Waals surface area contributed by atoms with E-state index in [4.69, 9.17) is 11.2 Å². The van der Waals surface area contributed by atoms with E-state index >= 15 is 0 Å². The Balaban J connectivity index is 2.82. The maximum Gasteiger partial charge on any atom is 0.145 e. The predicted octanol–water partition coefficient (Wildman–Crippen LogP) is 2.13. The highest BCUT2D eigenvalue weighted by Crippen LogP contribution is 2.21. The van der Waals surface area contributed by atoms with Crippen molar-refractivity contribution in [2.24, 2.45) is 0 Å². The van der Waals surface area contributed by atoms with Crippen LogP contribution in [0.25, 0.3) is 0 Å². The molecule has 52 valence electrons. The second kappa shape index (κ2) is 3.28. The first-order valence-corrected chi connectivity index (χ1v) is 3.98. The lowest BCUT2D eigenvalue weighted by Gasteiger charge is -1.97. The number of thiophene rings is 1. The van der Waals surface area contributed by atoms with Crippen LogP contribution in [0.4, 0.5) is 0 Å². The third kappa shape index (κ3) is 1.31. The van der Waals surface area contributed by atoms with Crippen LogP contribution in [0.2, 0.25) is 0 Å². The summed E-state index contributed by atoms with van der Waals surface area (Å²) in [6, 6.07) is 0. The van der Waals surface area contributed by atoms with Crippen LogP contribution in [0, 0.1) is 12.3 Å². The second-order valence-corrected chi connectivity index (χ2v) is 2.47. The summed E-state index contributed by atoms with van der Waals surface area (Å²) in [5.74, 6) is 3.37. The molecular weight excluding hydrogens is 144 g/mol. The Bertz CT molecular complexity index is 244. The lowest BCUT2D eigenvalue weighted by Crippen LogP contribution is -1.90. The smallest absolute Gasteiger partial charge is 0.145 e. The lowest BCUT2D eigenvalue weighted by molar-refractivity contribution is 0.341. The number of ether oxygens (including phenoxy) is 1. The average molecular weight is 152 g/mol. The predicted molar refractivity (Wildman–Crippen MR) is 43.4 cm³/mol. The molecule has 1 aromatic rings. The van der Waals surface area contributed by atoms with E-state index in [9.17, 15) is 0 Å². The molecule has 0 aromatic carbocycles. The van der Waals surface area contributed by atoms with E-state index in [0.29, 0.717) is 6.61 Å². The van der Waals surface area contributed by atoms with Gasteiger partial charge in [0.15, 0.2) is 0 Å². The molecule has 0 N–H and O–H groups in total. The SMILES string of the molecule is C#Cc1cscc1OCC. The number of hydrogen-bond acceptors (Lipinski definition) is 2. The Hall–Kier alpha value is -0.940. The van der Waals surface area contributed by atoms with E-state index in [1.165, 1.54) is 0 Å². The summed E-state index contributed by atoms with van der Waals surface area (Å²) in [4.78, 5) is 0. The minimum atomic E-state index is 0.672. The molecule has 10 heavy (non-hydrogen) atoms. The minimum absolute atomic E-state index is 0.672. The zero-order valence-electron chi connectivity index (χ0n) is 5.76. The fraction of sp³-hybridized carbons (Fsp3) is 0.250. The average Bonchev–Trinajstić information content (AvgIpc) is 2.36. The molecule has 1 heterocycles. The summed E-state index contributed by atoms with van der Waals surface area (Å²) < 4.78 is 5.24. The van der Waals surface area contributed by atoms with Crippen molar-refractivity contribution in [3.8, 4) is 18.1 Å². The van der Waals surface area contributed by atoms with Gasteiger partial charge in [-0.1, -0.05) is 5.92 Å². The van der Waals surface area contributed by atoms with E-state index in [-0.39, 0.29) is 0 Å². The molecule has 0 saturated heterocycles. The molecule has 2 heteroatoms. The van der Waals surface area contributed by atoms with E-state index in [0.717, 1.165) is 11.3 Å². The largest absolute Gasteiger partial charge is 0.492 e. The Morgan fingerprint density at radius 3 is 3.10 bits per heavy atom. The van der Waals surface area contributed by atoms with Crippen molar-refractivity contribution in [1.82, 2.24) is 0 Å². The van der Waals surface area contributed by atoms with Crippen LogP contribution in [0.1, 0.15) is 12.5 Å². The molecule has 0 spiro atoms. The van der Waals surface area contributed by atoms with E-state index < -0.39 is 0 Å². The van der Waals surface area contributed by atoms with Crippen LogP contribution in [-0.4, -0.2) is 6.61 Å². The monoisotopic (exact) mass is 152 g/mol. The van der Waals surface area contributed by atoms with Crippen molar-refractivity contribution in [1.29, 1.82) is 0 Å². The topological polar surface area (TPSA) is 9.23 Å². The van der Waals surface area contributed by atoms with Gasteiger partial charge in [0.1, 0.15) is 5.75 Å². The fourth-order valence-electron chi connectivity index (χ4n) is 0.658. The van der Waals surface area contributed by atoms with E-state index in [1.54, 1.807) is 11.3 Å². The second-order valence-electron chi connectivity index (χ2n) is 1.73. The normalized spacial score (nSPS) is 8.80. The quantitative estimate of drug-likeness (QED) is 0.590. The number of terminal acetylenes is 1. The van der Waals surface area contributed by atoms with Crippen LogP contribution < -0.4 is 4.74 Å². The summed E-state index contributed by atoms with van der Waals surface area (Å²) in [5, 5.41) is 3.82. The summed E-state index contributed by atoms with van der Waals surface area (Å²) in [5.41, 5.74) is 0.854. The summed E-state index contributed by atoms with van der Waals surface area (Å²) in [6.07, 6.45) is 5.20. The molecule has 0 aliphatic heterocycles. The van der Waals surface area contributed by atoms with Crippen molar-refractivity contribution in [3.63, 3.8) is 0 Å². The van der Waals surface area contributed by atoms with Crippen molar-refractivity contribution < 1.29 is 4.74 Å². The molecule has 1 rings (SSSR count). The molecule has 0 amide bonds. The minimum Gasteiger partial charge on any atom is -0.492 e. The van der Waals surface area contributed by atoms with Crippen molar-refractivity contribution in [2.75, 3.05) is 6.61 Å². The number of hydrogen-bond donors (Lipinski definition) is 0. The molecule has 0 saturated carbocycles. The molecule has 0 fully saturated rings. The van der Waals surface area contributed by atoms with Crippen LogP contribution >= 0.6 is 11.3 Å². The molecule has 1 aromatic heterocycles. The third-order valence-electron chi connectivity index (χ3n) is 1.08. The first kappa shape index (κ1) is 7.17. The van der Waals surface area contributed by atoms with E-state index in [2.05, 4.69) is 5.92 Å². The van der Waals surface area contributed by atoms with Gasteiger partial charge in [-0.05, 0) is 6.92 Å². The highest BCUT2D eigenvalue weighted by atomic mass is 32.1. The molecule has 0 unspecified atom stereocenters. The Morgan fingerprint density at radius 1 is 1.70 bits per heavy atom. The van der Waals surface area contributed by atoms with Gasteiger partial charge in [0.05, 0.1) is 12.2 Å². The zero-order valence-corrected chi connectivity index (χ0v) is 6.57. The standard InChI is InChI=1S/C8H8OS/c1-3-7-5-10-6-8(7)9-4-2/h1,5-6H,4H2,2H3. The first-order chi connectivity index (χ1) is 4.88. The highest BCUT2D eigenvalue weighted by molar-refractivity contribution is 7.08. The van der Waals surface area contributed by atoms with Gasteiger partial charge in [-0.15, -0.1) is 17.8 Å². The van der Waals surface area contributed by atoms with Crippen molar-refractivity contribution in [2.45, 2.75) is 6.92 Å². The molecule has 1 nitrogen and oxygen atoms in total. The van der Waals surface area contributed by atoms with Crippen molar-refractivity contribution >= 4 is 11.3 Å². The van der Waals surface area contributed by atoms with Crippen LogP contribution in [0.5, 0.6) is 5.75 Å². The van der Waals surface area contributed by atoms with Gasteiger partial charge in [0, 0.05) is 10.8 Å². The first-order valence-electron chi connectivity index (χ1n) is 3.04.